The minimum absolute atomic E-state index is 0.000880. The summed E-state index contributed by atoms with van der Waals surface area (Å²) in [6, 6.07) is 0.0836. The van der Waals surface area contributed by atoms with Gasteiger partial charge in [-0.05, 0) is 12.3 Å². The lowest BCUT2D eigenvalue weighted by molar-refractivity contribution is -0.121. The molecule has 0 bridgehead atoms. The van der Waals surface area contributed by atoms with Gasteiger partial charge in [0, 0.05) is 25.4 Å². The van der Waals surface area contributed by atoms with Crippen molar-refractivity contribution in [2.45, 2.75) is 39.2 Å². The van der Waals surface area contributed by atoms with Gasteiger partial charge in [0.25, 0.3) is 0 Å². The van der Waals surface area contributed by atoms with E-state index >= 15 is 0 Å². The van der Waals surface area contributed by atoms with E-state index in [4.69, 9.17) is 12.2 Å². The molecule has 0 saturated heterocycles. The molecule has 0 aromatic rings. The molecule has 0 rings (SSSR count). The number of hydrogen-bond donors (Lipinski definition) is 2. The van der Waals surface area contributed by atoms with E-state index in [0.29, 0.717) is 25.3 Å². The van der Waals surface area contributed by atoms with Crippen LogP contribution in [0.4, 0.5) is 0 Å². The first-order chi connectivity index (χ1) is 6.60. The normalized spacial score (nSPS) is 12.2. The van der Waals surface area contributed by atoms with Crippen LogP contribution in [0.15, 0.2) is 0 Å². The minimum atomic E-state index is -0.000880. The van der Waals surface area contributed by atoms with Gasteiger partial charge in [-0.3, -0.25) is 4.79 Å². The average molecular weight is 196 g/mol. The fourth-order valence-corrected chi connectivity index (χ4v) is 1.27. The Morgan fingerprint density at radius 2 is 2.21 bits per heavy atom. The zero-order valence-corrected chi connectivity index (χ0v) is 9.05. The molecule has 0 spiro atoms. The topological polar surface area (TPSA) is 55.1 Å². The average Bonchev–Trinajstić information content (AvgIpc) is 2.12. The van der Waals surface area contributed by atoms with Crippen molar-refractivity contribution in [3.05, 3.63) is 0 Å². The van der Waals surface area contributed by atoms with Crippen LogP contribution in [0, 0.1) is 18.3 Å². The van der Waals surface area contributed by atoms with Crippen LogP contribution in [-0.2, 0) is 4.79 Å². The van der Waals surface area contributed by atoms with Crippen LogP contribution in [0.2, 0.25) is 0 Å². The molecular formula is C11H20N2O. The zero-order valence-electron chi connectivity index (χ0n) is 9.05. The predicted octanol–water partition coefficient (Wildman–Crippen LogP) is 0.889. The van der Waals surface area contributed by atoms with Crippen molar-refractivity contribution in [2.24, 2.45) is 11.7 Å². The van der Waals surface area contributed by atoms with Crippen LogP contribution < -0.4 is 11.1 Å². The summed E-state index contributed by atoms with van der Waals surface area (Å²) in [4.78, 5) is 11.3. The summed E-state index contributed by atoms with van der Waals surface area (Å²) in [5.41, 5.74) is 5.54. The molecule has 1 unspecified atom stereocenters. The molecule has 80 valence electrons. The molecule has 0 aliphatic heterocycles. The molecule has 0 aromatic carbocycles. The van der Waals surface area contributed by atoms with Crippen molar-refractivity contribution in [3.8, 4) is 12.3 Å². The number of carbonyl (C=O) groups is 1. The van der Waals surface area contributed by atoms with Crippen molar-refractivity contribution in [1.29, 1.82) is 0 Å². The zero-order chi connectivity index (χ0) is 11.0. The standard InChI is InChI=1S/C11H20N2O/c1-4-5-6-11(14)13-10(8-12)7-9(2)3/h1,9-10H,5-8,12H2,2-3H3,(H,13,14). The van der Waals surface area contributed by atoms with E-state index in [2.05, 4.69) is 25.1 Å². The number of nitrogens with one attached hydrogen (secondary N) is 1. The third-order valence-electron chi connectivity index (χ3n) is 1.90. The van der Waals surface area contributed by atoms with Gasteiger partial charge in [0.1, 0.15) is 0 Å². The number of carbonyl (C=O) groups excluding carboxylic acids is 1. The molecule has 0 fully saturated rings. The Hall–Kier alpha value is -1.01. The molecule has 0 saturated carbocycles. The maximum Gasteiger partial charge on any atom is 0.221 e. The number of rotatable bonds is 6. The van der Waals surface area contributed by atoms with E-state index in [9.17, 15) is 4.79 Å². The van der Waals surface area contributed by atoms with E-state index < -0.39 is 0 Å². The third kappa shape index (κ3) is 6.50. The quantitative estimate of drug-likeness (QED) is 0.620. The highest BCUT2D eigenvalue weighted by Crippen LogP contribution is 2.03. The van der Waals surface area contributed by atoms with Crippen LogP contribution in [-0.4, -0.2) is 18.5 Å². The lowest BCUT2D eigenvalue weighted by atomic mass is 10.0. The van der Waals surface area contributed by atoms with Crippen LogP contribution in [0.3, 0.4) is 0 Å². The van der Waals surface area contributed by atoms with Crippen molar-refractivity contribution < 1.29 is 4.79 Å². The third-order valence-corrected chi connectivity index (χ3v) is 1.90. The Labute approximate surface area is 86.4 Å². The molecule has 3 N–H and O–H groups in total. The lowest BCUT2D eigenvalue weighted by Crippen LogP contribution is -2.40. The van der Waals surface area contributed by atoms with E-state index in [0.717, 1.165) is 6.42 Å². The summed E-state index contributed by atoms with van der Waals surface area (Å²) in [6.07, 6.45) is 6.87. The van der Waals surface area contributed by atoms with Gasteiger partial charge in [0.15, 0.2) is 0 Å². The molecule has 14 heavy (non-hydrogen) atoms. The van der Waals surface area contributed by atoms with E-state index in [1.54, 1.807) is 0 Å². The predicted molar refractivity (Wildman–Crippen MR) is 58.5 cm³/mol. The fraction of sp³-hybridized carbons (Fsp3) is 0.727. The van der Waals surface area contributed by atoms with Gasteiger partial charge >= 0.3 is 0 Å². The Morgan fingerprint density at radius 1 is 1.57 bits per heavy atom. The molecule has 1 amide bonds. The van der Waals surface area contributed by atoms with E-state index in [-0.39, 0.29) is 11.9 Å². The second-order valence-corrected chi connectivity index (χ2v) is 3.83. The summed E-state index contributed by atoms with van der Waals surface area (Å²) in [5.74, 6) is 2.98. The smallest absolute Gasteiger partial charge is 0.221 e. The Bertz CT molecular complexity index is 206. The number of nitrogens with two attached hydrogens (primary N) is 1. The van der Waals surface area contributed by atoms with Crippen LogP contribution in [0.25, 0.3) is 0 Å². The fourth-order valence-electron chi connectivity index (χ4n) is 1.27. The molecule has 0 aliphatic rings. The van der Waals surface area contributed by atoms with Crippen LogP contribution in [0.5, 0.6) is 0 Å². The molecule has 0 aliphatic carbocycles. The maximum absolute atomic E-state index is 11.3. The highest BCUT2D eigenvalue weighted by atomic mass is 16.1. The van der Waals surface area contributed by atoms with Gasteiger partial charge in [-0.2, -0.15) is 0 Å². The Kier molecular flexibility index (Phi) is 6.87. The van der Waals surface area contributed by atoms with E-state index in [1.807, 2.05) is 0 Å². The van der Waals surface area contributed by atoms with Crippen molar-refractivity contribution >= 4 is 5.91 Å². The number of terminal acetylenes is 1. The SMILES string of the molecule is C#CCCC(=O)NC(CN)CC(C)C. The Morgan fingerprint density at radius 3 is 2.64 bits per heavy atom. The molecule has 1 atom stereocenters. The molecule has 3 heteroatoms. The van der Waals surface area contributed by atoms with Crippen molar-refractivity contribution in [1.82, 2.24) is 5.32 Å². The van der Waals surface area contributed by atoms with Gasteiger partial charge < -0.3 is 11.1 Å². The van der Waals surface area contributed by atoms with Gasteiger partial charge in [0.05, 0.1) is 0 Å². The second kappa shape index (κ2) is 7.40. The first-order valence-corrected chi connectivity index (χ1v) is 5.03. The summed E-state index contributed by atoms with van der Waals surface area (Å²) in [5, 5.41) is 2.87. The largest absolute Gasteiger partial charge is 0.352 e. The Balaban J connectivity index is 3.81. The highest BCUT2D eigenvalue weighted by molar-refractivity contribution is 5.76. The van der Waals surface area contributed by atoms with Crippen molar-refractivity contribution in [3.63, 3.8) is 0 Å². The summed E-state index contributed by atoms with van der Waals surface area (Å²) >= 11 is 0. The minimum Gasteiger partial charge on any atom is -0.352 e. The second-order valence-electron chi connectivity index (χ2n) is 3.83. The number of hydrogen-bond acceptors (Lipinski definition) is 2. The van der Waals surface area contributed by atoms with Gasteiger partial charge in [0.2, 0.25) is 5.91 Å². The summed E-state index contributed by atoms with van der Waals surface area (Å²) < 4.78 is 0. The molecule has 0 radical (unpaired) electrons. The van der Waals surface area contributed by atoms with E-state index in [1.165, 1.54) is 0 Å². The van der Waals surface area contributed by atoms with Gasteiger partial charge in [-0.1, -0.05) is 13.8 Å². The first-order valence-electron chi connectivity index (χ1n) is 5.03. The molecule has 0 aromatic heterocycles. The number of amides is 1. The van der Waals surface area contributed by atoms with Crippen LogP contribution in [0.1, 0.15) is 33.1 Å². The summed E-state index contributed by atoms with van der Waals surface area (Å²) in [6.45, 7) is 4.70. The monoisotopic (exact) mass is 196 g/mol. The van der Waals surface area contributed by atoms with Gasteiger partial charge in [-0.25, -0.2) is 0 Å². The maximum atomic E-state index is 11.3. The van der Waals surface area contributed by atoms with Crippen LogP contribution >= 0.6 is 0 Å². The lowest BCUT2D eigenvalue weighted by Gasteiger charge is -2.18. The highest BCUT2D eigenvalue weighted by Gasteiger charge is 2.11. The van der Waals surface area contributed by atoms with Gasteiger partial charge in [-0.15, -0.1) is 12.3 Å². The molecule has 0 heterocycles. The summed E-state index contributed by atoms with van der Waals surface area (Å²) in [7, 11) is 0. The first kappa shape index (κ1) is 13.0. The molecular weight excluding hydrogens is 176 g/mol. The van der Waals surface area contributed by atoms with Crippen molar-refractivity contribution in [2.75, 3.05) is 6.54 Å². The molecule has 3 nitrogen and oxygen atoms in total.